The molecule has 3 aromatic rings. The number of ether oxygens (including phenoxy) is 2. The summed E-state index contributed by atoms with van der Waals surface area (Å²) >= 11 is 0. The summed E-state index contributed by atoms with van der Waals surface area (Å²) in [6.45, 7) is 3.88. The maximum absolute atomic E-state index is 12.3. The van der Waals surface area contributed by atoms with Crippen LogP contribution in [0, 0.1) is 6.92 Å². The standard InChI is InChI=1S/C25H25N3O4/c1-17-7-9-19(10-8-17)16-32-23-12-11-20(13-24(23)31-3)15-26-28-25(30)21-5-4-6-22(14-21)27-18(2)29/h4-15H,16H2,1-3H3,(H,27,29)(H,28,30). The van der Waals surface area contributed by atoms with Crippen molar-refractivity contribution in [1.82, 2.24) is 5.43 Å². The van der Waals surface area contributed by atoms with Crippen molar-refractivity contribution in [3.05, 3.63) is 89.0 Å². The van der Waals surface area contributed by atoms with Crippen molar-refractivity contribution in [3.63, 3.8) is 0 Å². The van der Waals surface area contributed by atoms with E-state index >= 15 is 0 Å². The van der Waals surface area contributed by atoms with Gasteiger partial charge in [0.1, 0.15) is 6.61 Å². The van der Waals surface area contributed by atoms with Crippen LogP contribution in [-0.2, 0) is 11.4 Å². The van der Waals surface area contributed by atoms with Crippen LogP contribution in [0.15, 0.2) is 71.8 Å². The van der Waals surface area contributed by atoms with Crippen LogP contribution in [0.4, 0.5) is 5.69 Å². The molecule has 0 atom stereocenters. The first kappa shape index (κ1) is 22.6. The van der Waals surface area contributed by atoms with Crippen LogP contribution in [0.5, 0.6) is 11.5 Å². The van der Waals surface area contributed by atoms with Gasteiger partial charge in [-0.05, 0) is 54.4 Å². The van der Waals surface area contributed by atoms with E-state index in [1.807, 2.05) is 37.3 Å². The maximum atomic E-state index is 12.3. The van der Waals surface area contributed by atoms with Crippen LogP contribution >= 0.6 is 0 Å². The number of anilines is 1. The summed E-state index contributed by atoms with van der Waals surface area (Å²) in [5.74, 6) is 0.582. The highest BCUT2D eigenvalue weighted by molar-refractivity contribution is 5.97. The number of hydrazone groups is 1. The smallest absolute Gasteiger partial charge is 0.271 e. The van der Waals surface area contributed by atoms with E-state index < -0.39 is 5.91 Å². The molecule has 0 aromatic heterocycles. The van der Waals surface area contributed by atoms with E-state index in [0.29, 0.717) is 29.4 Å². The fourth-order valence-corrected chi connectivity index (χ4v) is 2.90. The van der Waals surface area contributed by atoms with Gasteiger partial charge in [0.25, 0.3) is 5.91 Å². The highest BCUT2D eigenvalue weighted by atomic mass is 16.5. The Bertz CT molecular complexity index is 1120. The lowest BCUT2D eigenvalue weighted by Crippen LogP contribution is -2.18. The van der Waals surface area contributed by atoms with Gasteiger partial charge in [0.05, 0.1) is 13.3 Å². The van der Waals surface area contributed by atoms with E-state index in [1.165, 1.54) is 18.7 Å². The van der Waals surface area contributed by atoms with E-state index in [1.54, 1.807) is 43.5 Å². The largest absolute Gasteiger partial charge is 0.493 e. The molecule has 0 bridgehead atoms. The minimum Gasteiger partial charge on any atom is -0.493 e. The maximum Gasteiger partial charge on any atom is 0.271 e. The summed E-state index contributed by atoms with van der Waals surface area (Å²) < 4.78 is 11.3. The van der Waals surface area contributed by atoms with Crippen LogP contribution in [0.25, 0.3) is 0 Å². The van der Waals surface area contributed by atoms with Crippen molar-refractivity contribution < 1.29 is 19.1 Å². The first-order chi connectivity index (χ1) is 15.4. The zero-order valence-corrected chi connectivity index (χ0v) is 18.2. The van der Waals surface area contributed by atoms with Gasteiger partial charge in [0, 0.05) is 18.2 Å². The van der Waals surface area contributed by atoms with E-state index in [2.05, 4.69) is 15.8 Å². The Morgan fingerprint density at radius 3 is 2.50 bits per heavy atom. The third-order valence-electron chi connectivity index (χ3n) is 4.53. The molecular formula is C25H25N3O4. The molecule has 3 aromatic carbocycles. The minimum atomic E-state index is -0.390. The van der Waals surface area contributed by atoms with Crippen LogP contribution in [0.1, 0.15) is 34.0 Å². The van der Waals surface area contributed by atoms with E-state index in [0.717, 1.165) is 11.1 Å². The number of hydrogen-bond donors (Lipinski definition) is 2. The lowest BCUT2D eigenvalue weighted by Gasteiger charge is -2.11. The highest BCUT2D eigenvalue weighted by Crippen LogP contribution is 2.28. The lowest BCUT2D eigenvalue weighted by molar-refractivity contribution is -0.114. The molecule has 0 aliphatic rings. The molecule has 0 heterocycles. The molecule has 0 aliphatic carbocycles. The fraction of sp³-hybridized carbons (Fsp3) is 0.160. The Labute approximate surface area is 187 Å². The van der Waals surface area contributed by atoms with Crippen molar-refractivity contribution in [3.8, 4) is 11.5 Å². The van der Waals surface area contributed by atoms with Gasteiger partial charge in [0.2, 0.25) is 5.91 Å². The van der Waals surface area contributed by atoms with E-state index in [-0.39, 0.29) is 5.91 Å². The number of benzene rings is 3. The molecule has 2 N–H and O–H groups in total. The molecular weight excluding hydrogens is 406 g/mol. The number of aryl methyl sites for hydroxylation is 1. The van der Waals surface area contributed by atoms with Crippen LogP contribution in [-0.4, -0.2) is 25.1 Å². The SMILES string of the molecule is COc1cc(C=NNC(=O)c2cccc(NC(C)=O)c2)ccc1OCc1ccc(C)cc1. The molecule has 0 radical (unpaired) electrons. The van der Waals surface area contributed by atoms with E-state index in [9.17, 15) is 9.59 Å². The van der Waals surface area contributed by atoms with Crippen molar-refractivity contribution in [2.24, 2.45) is 5.10 Å². The van der Waals surface area contributed by atoms with Crippen molar-refractivity contribution in [2.45, 2.75) is 20.5 Å². The molecule has 7 nitrogen and oxygen atoms in total. The molecule has 164 valence electrons. The summed E-state index contributed by atoms with van der Waals surface area (Å²) in [4.78, 5) is 23.5. The molecule has 7 heteroatoms. The minimum absolute atomic E-state index is 0.208. The highest BCUT2D eigenvalue weighted by Gasteiger charge is 2.07. The number of nitrogens with zero attached hydrogens (tertiary/aromatic N) is 1. The summed E-state index contributed by atoms with van der Waals surface area (Å²) in [5.41, 5.74) is 6.39. The molecule has 32 heavy (non-hydrogen) atoms. The Morgan fingerprint density at radius 1 is 1.00 bits per heavy atom. The normalized spacial score (nSPS) is 10.6. The number of amides is 2. The Hall–Kier alpha value is -4.13. The first-order valence-corrected chi connectivity index (χ1v) is 10.0. The summed E-state index contributed by atoms with van der Waals surface area (Å²) in [7, 11) is 1.57. The van der Waals surface area contributed by atoms with Gasteiger partial charge in [-0.3, -0.25) is 9.59 Å². The van der Waals surface area contributed by atoms with Gasteiger partial charge < -0.3 is 14.8 Å². The molecule has 0 aliphatic heterocycles. The van der Waals surface area contributed by atoms with Gasteiger partial charge in [-0.15, -0.1) is 0 Å². The average Bonchev–Trinajstić information content (AvgIpc) is 2.78. The van der Waals surface area contributed by atoms with Gasteiger partial charge in [-0.1, -0.05) is 35.9 Å². The van der Waals surface area contributed by atoms with Crippen LogP contribution in [0.3, 0.4) is 0 Å². The van der Waals surface area contributed by atoms with Crippen molar-refractivity contribution in [1.29, 1.82) is 0 Å². The van der Waals surface area contributed by atoms with Crippen molar-refractivity contribution >= 4 is 23.7 Å². The van der Waals surface area contributed by atoms with Gasteiger partial charge in [0.15, 0.2) is 11.5 Å². The Balaban J connectivity index is 1.61. The van der Waals surface area contributed by atoms with Gasteiger partial charge in [-0.2, -0.15) is 5.10 Å². The summed E-state index contributed by atoms with van der Waals surface area (Å²) in [6.07, 6.45) is 1.52. The van der Waals surface area contributed by atoms with Crippen LogP contribution < -0.4 is 20.2 Å². The topological polar surface area (TPSA) is 89.0 Å². The molecule has 3 rings (SSSR count). The third-order valence-corrected chi connectivity index (χ3v) is 4.53. The number of rotatable bonds is 8. The number of nitrogens with one attached hydrogen (secondary N) is 2. The fourth-order valence-electron chi connectivity index (χ4n) is 2.90. The second-order valence-electron chi connectivity index (χ2n) is 7.15. The second-order valence-corrected chi connectivity index (χ2v) is 7.15. The predicted molar refractivity (Wildman–Crippen MR) is 124 cm³/mol. The van der Waals surface area contributed by atoms with Crippen LogP contribution in [0.2, 0.25) is 0 Å². The molecule has 2 amide bonds. The average molecular weight is 431 g/mol. The zero-order valence-electron chi connectivity index (χ0n) is 18.2. The number of carbonyl (C=O) groups is 2. The molecule has 0 saturated heterocycles. The monoisotopic (exact) mass is 431 g/mol. The molecule has 0 unspecified atom stereocenters. The number of methoxy groups -OCH3 is 1. The number of carbonyl (C=O) groups excluding carboxylic acids is 2. The van der Waals surface area contributed by atoms with Crippen molar-refractivity contribution in [2.75, 3.05) is 12.4 Å². The Morgan fingerprint density at radius 2 is 1.78 bits per heavy atom. The zero-order chi connectivity index (χ0) is 22.9. The molecule has 0 spiro atoms. The number of hydrogen-bond acceptors (Lipinski definition) is 5. The van der Waals surface area contributed by atoms with E-state index in [4.69, 9.17) is 9.47 Å². The summed E-state index contributed by atoms with van der Waals surface area (Å²) in [6, 6.07) is 20.1. The first-order valence-electron chi connectivity index (χ1n) is 10.0. The quantitative estimate of drug-likeness (QED) is 0.411. The third kappa shape index (κ3) is 6.43. The predicted octanol–water partition coefficient (Wildman–Crippen LogP) is 4.30. The molecule has 0 fully saturated rings. The summed E-state index contributed by atoms with van der Waals surface area (Å²) in [5, 5.41) is 6.65. The van der Waals surface area contributed by atoms with Gasteiger partial charge >= 0.3 is 0 Å². The lowest BCUT2D eigenvalue weighted by atomic mass is 10.2. The second kappa shape index (κ2) is 10.8. The Kier molecular flexibility index (Phi) is 7.59. The molecule has 0 saturated carbocycles. The van der Waals surface area contributed by atoms with Gasteiger partial charge in [-0.25, -0.2) is 5.43 Å².